The zero-order valence-corrected chi connectivity index (χ0v) is 15.5. The van der Waals surface area contributed by atoms with Gasteiger partial charge >= 0.3 is 0 Å². The Labute approximate surface area is 134 Å². The largest absolute Gasteiger partial charge is 0.349 e. The second kappa shape index (κ2) is 5.33. The molecule has 0 fully saturated rings. The first-order valence-corrected chi connectivity index (χ1v) is 9.24. The Kier molecular flexibility index (Phi) is 4.23. The highest BCUT2D eigenvalue weighted by Crippen LogP contribution is 2.69. The zero-order chi connectivity index (χ0) is 16.8. The minimum absolute atomic E-state index is 0.267. The predicted octanol–water partition coefficient (Wildman–Crippen LogP) is 4.94. The van der Waals surface area contributed by atoms with Crippen LogP contribution in [0.2, 0.25) is 0 Å². The first kappa shape index (κ1) is 17.5. The van der Waals surface area contributed by atoms with E-state index in [0.29, 0.717) is 0 Å². The lowest BCUT2D eigenvalue weighted by Crippen LogP contribution is -2.43. The van der Waals surface area contributed by atoms with Crippen molar-refractivity contribution in [1.29, 1.82) is 0 Å². The standard InChI is InChI=1S/C18H27O3P/c1-16(2,3)15-13-18(20-7,17(4,5)6)21-22(15,19)14-11-9-8-10-12-14/h8-13H,1-7H3/t18-,22?/m0/s1. The van der Waals surface area contributed by atoms with Crippen molar-refractivity contribution in [2.45, 2.75) is 47.3 Å². The molecule has 1 aliphatic rings. The van der Waals surface area contributed by atoms with Crippen LogP contribution in [0.15, 0.2) is 41.7 Å². The molecular formula is C18H27O3P. The summed E-state index contributed by atoms with van der Waals surface area (Å²) >= 11 is 0. The van der Waals surface area contributed by atoms with Crippen LogP contribution >= 0.6 is 7.37 Å². The molecule has 1 aromatic carbocycles. The summed E-state index contributed by atoms with van der Waals surface area (Å²) in [6.45, 7) is 12.3. The lowest BCUT2D eigenvalue weighted by molar-refractivity contribution is -0.183. The van der Waals surface area contributed by atoms with E-state index in [4.69, 9.17) is 9.26 Å². The average Bonchev–Trinajstić information content (AvgIpc) is 2.75. The Morgan fingerprint density at radius 2 is 1.59 bits per heavy atom. The molecule has 0 saturated carbocycles. The summed E-state index contributed by atoms with van der Waals surface area (Å²) in [7, 11) is -1.54. The van der Waals surface area contributed by atoms with Gasteiger partial charge in [0.15, 0.2) is 0 Å². The van der Waals surface area contributed by atoms with Crippen LogP contribution in [0.25, 0.3) is 0 Å². The smallest absolute Gasteiger partial charge is 0.260 e. The normalized spacial score (nSPS) is 29.5. The van der Waals surface area contributed by atoms with Crippen LogP contribution < -0.4 is 5.30 Å². The van der Waals surface area contributed by atoms with Gasteiger partial charge in [0.2, 0.25) is 5.79 Å². The van der Waals surface area contributed by atoms with Crippen molar-refractivity contribution in [2.24, 2.45) is 10.8 Å². The van der Waals surface area contributed by atoms with Crippen molar-refractivity contribution in [3.8, 4) is 0 Å². The maximum absolute atomic E-state index is 13.8. The first-order chi connectivity index (χ1) is 9.96. The van der Waals surface area contributed by atoms with Gasteiger partial charge in [0.05, 0.1) is 0 Å². The summed E-state index contributed by atoms with van der Waals surface area (Å²) in [5.41, 5.74) is -0.601. The topological polar surface area (TPSA) is 35.5 Å². The fraction of sp³-hybridized carbons (Fsp3) is 0.556. The molecule has 0 N–H and O–H groups in total. The van der Waals surface area contributed by atoms with Crippen LogP contribution in [0.5, 0.6) is 0 Å². The van der Waals surface area contributed by atoms with Crippen molar-refractivity contribution < 1.29 is 13.8 Å². The van der Waals surface area contributed by atoms with Crippen molar-refractivity contribution in [3.63, 3.8) is 0 Å². The number of allylic oxidation sites excluding steroid dienone is 1. The van der Waals surface area contributed by atoms with Gasteiger partial charge in [0.1, 0.15) is 0 Å². The molecule has 3 nitrogen and oxygen atoms in total. The van der Waals surface area contributed by atoms with E-state index >= 15 is 0 Å². The van der Waals surface area contributed by atoms with E-state index in [0.717, 1.165) is 10.6 Å². The van der Waals surface area contributed by atoms with E-state index in [9.17, 15) is 4.57 Å². The Hall–Kier alpha value is -0.890. The molecule has 2 atom stereocenters. The first-order valence-electron chi connectivity index (χ1n) is 7.62. The molecule has 1 aromatic rings. The van der Waals surface area contributed by atoms with Crippen molar-refractivity contribution >= 4 is 12.7 Å². The third-order valence-electron chi connectivity index (χ3n) is 4.12. The maximum Gasteiger partial charge on any atom is 0.260 e. The molecule has 2 rings (SSSR count). The quantitative estimate of drug-likeness (QED) is 0.724. The third kappa shape index (κ3) is 2.71. The van der Waals surface area contributed by atoms with E-state index in [2.05, 4.69) is 20.8 Å². The summed E-state index contributed by atoms with van der Waals surface area (Å²) in [5, 5.41) is 1.54. The Bertz CT molecular complexity index is 620. The number of benzene rings is 1. The lowest BCUT2D eigenvalue weighted by Gasteiger charge is -2.38. The van der Waals surface area contributed by atoms with Gasteiger partial charge in [0, 0.05) is 23.1 Å². The number of methoxy groups -OCH3 is 1. The van der Waals surface area contributed by atoms with Gasteiger partial charge < -0.3 is 4.74 Å². The van der Waals surface area contributed by atoms with Gasteiger partial charge in [-0.15, -0.1) is 0 Å². The number of hydrogen-bond donors (Lipinski definition) is 0. The highest BCUT2D eigenvalue weighted by atomic mass is 31.2. The summed E-state index contributed by atoms with van der Waals surface area (Å²) in [5.74, 6) is -0.985. The van der Waals surface area contributed by atoms with E-state index in [1.807, 2.05) is 57.2 Å². The second-order valence-corrected chi connectivity index (χ2v) is 10.2. The third-order valence-corrected chi connectivity index (χ3v) is 7.06. The highest BCUT2D eigenvalue weighted by Gasteiger charge is 2.56. The average molecular weight is 322 g/mol. The molecule has 0 spiro atoms. The van der Waals surface area contributed by atoms with E-state index in [1.54, 1.807) is 7.11 Å². The fourth-order valence-corrected chi connectivity index (χ4v) is 5.81. The Morgan fingerprint density at radius 1 is 1.05 bits per heavy atom. The number of hydrogen-bond acceptors (Lipinski definition) is 3. The van der Waals surface area contributed by atoms with Crippen molar-refractivity contribution in [1.82, 2.24) is 0 Å². The van der Waals surface area contributed by atoms with Gasteiger partial charge in [-0.1, -0.05) is 59.7 Å². The molecular weight excluding hydrogens is 295 g/mol. The molecule has 0 aromatic heterocycles. The number of ether oxygens (including phenoxy) is 1. The van der Waals surface area contributed by atoms with E-state index in [1.165, 1.54) is 0 Å². The monoisotopic (exact) mass is 322 g/mol. The van der Waals surface area contributed by atoms with E-state index in [-0.39, 0.29) is 10.8 Å². The Morgan fingerprint density at radius 3 is 2.00 bits per heavy atom. The molecule has 0 radical (unpaired) electrons. The molecule has 1 unspecified atom stereocenters. The molecule has 0 aliphatic carbocycles. The molecule has 0 saturated heterocycles. The van der Waals surface area contributed by atoms with Gasteiger partial charge in [-0.25, -0.2) is 0 Å². The molecule has 4 heteroatoms. The van der Waals surface area contributed by atoms with Crippen LogP contribution in [0.1, 0.15) is 41.5 Å². The second-order valence-electron chi connectivity index (χ2n) is 7.88. The lowest BCUT2D eigenvalue weighted by atomic mass is 9.83. The van der Waals surface area contributed by atoms with Crippen LogP contribution in [0, 0.1) is 10.8 Å². The van der Waals surface area contributed by atoms with Gasteiger partial charge in [-0.2, -0.15) is 0 Å². The van der Waals surface area contributed by atoms with Gasteiger partial charge in [-0.3, -0.25) is 9.09 Å². The van der Waals surface area contributed by atoms with Gasteiger partial charge in [0.25, 0.3) is 7.37 Å². The minimum atomic E-state index is -3.15. The van der Waals surface area contributed by atoms with Gasteiger partial charge in [-0.05, 0) is 23.6 Å². The van der Waals surface area contributed by atoms with Crippen LogP contribution in [-0.2, 0) is 13.8 Å². The van der Waals surface area contributed by atoms with Crippen LogP contribution in [-0.4, -0.2) is 12.9 Å². The minimum Gasteiger partial charge on any atom is -0.349 e. The summed E-state index contributed by atoms with van der Waals surface area (Å²) in [6.07, 6.45) is 1.95. The molecule has 1 aliphatic heterocycles. The fourth-order valence-electron chi connectivity index (χ4n) is 2.76. The molecule has 22 heavy (non-hydrogen) atoms. The molecule has 0 bridgehead atoms. The van der Waals surface area contributed by atoms with Crippen LogP contribution in [0.4, 0.5) is 0 Å². The Balaban J connectivity index is 2.68. The van der Waals surface area contributed by atoms with Crippen molar-refractivity contribution in [3.05, 3.63) is 41.7 Å². The number of rotatable bonds is 2. The molecule has 1 heterocycles. The summed E-state index contributed by atoms with van der Waals surface area (Å²) in [4.78, 5) is 0. The summed E-state index contributed by atoms with van der Waals surface area (Å²) < 4.78 is 25.8. The highest BCUT2D eigenvalue weighted by molar-refractivity contribution is 7.71. The van der Waals surface area contributed by atoms with Crippen LogP contribution in [0.3, 0.4) is 0 Å². The predicted molar refractivity (Wildman–Crippen MR) is 91.5 cm³/mol. The van der Waals surface area contributed by atoms with Crippen molar-refractivity contribution in [2.75, 3.05) is 7.11 Å². The maximum atomic E-state index is 13.8. The van der Waals surface area contributed by atoms with E-state index < -0.39 is 13.2 Å². The molecule has 0 amide bonds. The SMILES string of the molecule is CO[C@@]1(C(C)(C)C)C=C(C(C)(C)C)P(=O)(c2ccccc2)O1. The molecule has 122 valence electrons. The zero-order valence-electron chi connectivity index (χ0n) is 14.6. The summed E-state index contributed by atoms with van der Waals surface area (Å²) in [6, 6.07) is 9.44.